The molecule has 5 aromatic rings. The number of aromatic hydroxyl groups is 1. The maximum atomic E-state index is 14.4. The molecule has 0 amide bonds. The van der Waals surface area contributed by atoms with Crippen LogP contribution in [0.25, 0.3) is 31.7 Å². The summed E-state index contributed by atoms with van der Waals surface area (Å²) in [5.74, 6) is -5.31. The lowest BCUT2D eigenvalue weighted by molar-refractivity contribution is -0.145. The standard InChI is InChI=1S/C25H14F6N4O2S/c26-15-4-3-12-18-22(38-20(12)19(15)36)34-21(14-6-17(28)16(27)5-13(14)11-1-2-11)35(23(18)37)9-10-7-32-24(33-8-10)25(29,30)31/h3-8,11,36H,1-2,9H2. The van der Waals surface area contributed by atoms with Crippen LogP contribution in [0.5, 0.6) is 5.75 Å². The van der Waals surface area contributed by atoms with Gasteiger partial charge >= 0.3 is 6.18 Å². The molecule has 1 aliphatic carbocycles. The second-order valence-corrected chi connectivity index (χ2v) is 9.92. The molecule has 0 saturated heterocycles. The summed E-state index contributed by atoms with van der Waals surface area (Å²) in [7, 11) is 0. The fourth-order valence-electron chi connectivity index (χ4n) is 4.39. The first-order valence-electron chi connectivity index (χ1n) is 11.2. The molecule has 1 fully saturated rings. The number of nitrogens with zero attached hydrogens (tertiary/aromatic N) is 4. The van der Waals surface area contributed by atoms with Gasteiger partial charge in [0.2, 0.25) is 5.82 Å². The third kappa shape index (κ3) is 3.97. The molecule has 6 rings (SSSR count). The van der Waals surface area contributed by atoms with Crippen molar-refractivity contribution in [1.29, 1.82) is 0 Å². The van der Waals surface area contributed by atoms with Gasteiger partial charge in [0, 0.05) is 28.9 Å². The van der Waals surface area contributed by atoms with Crippen LogP contribution in [0.4, 0.5) is 26.3 Å². The number of aromatic nitrogens is 4. The van der Waals surface area contributed by atoms with Crippen molar-refractivity contribution in [3.8, 4) is 17.1 Å². The van der Waals surface area contributed by atoms with Gasteiger partial charge in [-0.2, -0.15) is 13.2 Å². The Balaban J connectivity index is 1.63. The number of phenolic OH excluding ortho intramolecular Hbond substituents is 1. The summed E-state index contributed by atoms with van der Waals surface area (Å²) in [4.78, 5) is 25.2. The van der Waals surface area contributed by atoms with Crippen LogP contribution in [0.3, 0.4) is 0 Å². The third-order valence-electron chi connectivity index (χ3n) is 6.34. The van der Waals surface area contributed by atoms with Crippen LogP contribution in [0.2, 0.25) is 0 Å². The Morgan fingerprint density at radius 3 is 2.37 bits per heavy atom. The van der Waals surface area contributed by atoms with Crippen molar-refractivity contribution in [3.05, 3.63) is 81.4 Å². The highest BCUT2D eigenvalue weighted by molar-refractivity contribution is 7.25. The summed E-state index contributed by atoms with van der Waals surface area (Å²) < 4.78 is 82.6. The topological polar surface area (TPSA) is 80.9 Å². The van der Waals surface area contributed by atoms with Crippen molar-refractivity contribution in [1.82, 2.24) is 19.5 Å². The van der Waals surface area contributed by atoms with E-state index in [1.54, 1.807) is 0 Å². The Hall–Kier alpha value is -4.00. The van der Waals surface area contributed by atoms with E-state index in [0.29, 0.717) is 18.4 Å². The molecule has 13 heteroatoms. The highest BCUT2D eigenvalue weighted by Crippen LogP contribution is 2.45. The first-order chi connectivity index (χ1) is 18.0. The van der Waals surface area contributed by atoms with E-state index in [1.807, 2.05) is 0 Å². The van der Waals surface area contributed by atoms with E-state index in [1.165, 1.54) is 6.07 Å². The van der Waals surface area contributed by atoms with E-state index < -0.39 is 40.8 Å². The SMILES string of the molecule is O=c1c2c(nc(-c3cc(F)c(F)cc3C3CC3)n1Cc1cnc(C(F)(F)F)nc1)sc1c(O)c(F)ccc12. The summed E-state index contributed by atoms with van der Waals surface area (Å²) in [6.07, 6.45) is -1.51. The highest BCUT2D eigenvalue weighted by atomic mass is 32.1. The lowest BCUT2D eigenvalue weighted by atomic mass is 10.0. The predicted molar refractivity (Wildman–Crippen MR) is 126 cm³/mol. The predicted octanol–water partition coefficient (Wildman–Crippen LogP) is 6.14. The summed E-state index contributed by atoms with van der Waals surface area (Å²) in [6, 6.07) is 4.29. The molecule has 38 heavy (non-hydrogen) atoms. The molecule has 1 N–H and O–H groups in total. The Bertz CT molecular complexity index is 1810. The number of halogens is 6. The molecule has 0 radical (unpaired) electrons. The Labute approximate surface area is 212 Å². The Morgan fingerprint density at radius 2 is 1.71 bits per heavy atom. The van der Waals surface area contributed by atoms with Crippen molar-refractivity contribution in [3.63, 3.8) is 0 Å². The van der Waals surface area contributed by atoms with Crippen molar-refractivity contribution in [2.24, 2.45) is 0 Å². The molecular formula is C25H14F6N4O2S. The van der Waals surface area contributed by atoms with E-state index >= 15 is 0 Å². The van der Waals surface area contributed by atoms with E-state index in [2.05, 4.69) is 15.0 Å². The van der Waals surface area contributed by atoms with Gasteiger partial charge in [-0.05, 0) is 48.6 Å². The van der Waals surface area contributed by atoms with Gasteiger partial charge < -0.3 is 5.11 Å². The summed E-state index contributed by atoms with van der Waals surface area (Å²) in [5.41, 5.74) is 0.0220. The Kier molecular flexibility index (Phi) is 5.45. The van der Waals surface area contributed by atoms with Gasteiger partial charge in [-0.3, -0.25) is 9.36 Å². The summed E-state index contributed by atoms with van der Waals surface area (Å²) in [5, 5.41) is 10.5. The van der Waals surface area contributed by atoms with Gasteiger partial charge in [0.15, 0.2) is 23.2 Å². The number of fused-ring (bicyclic) bond motifs is 3. The van der Waals surface area contributed by atoms with Crippen LogP contribution >= 0.6 is 11.3 Å². The molecule has 0 unspecified atom stereocenters. The van der Waals surface area contributed by atoms with Gasteiger partial charge in [0.25, 0.3) is 5.56 Å². The number of thiophene rings is 1. The van der Waals surface area contributed by atoms with Gasteiger partial charge in [0.05, 0.1) is 16.6 Å². The molecule has 0 atom stereocenters. The molecule has 1 aliphatic rings. The zero-order valence-corrected chi connectivity index (χ0v) is 19.8. The summed E-state index contributed by atoms with van der Waals surface area (Å²) in [6.45, 7) is -0.344. The largest absolute Gasteiger partial charge is 0.504 e. The van der Waals surface area contributed by atoms with Gasteiger partial charge in [-0.15, -0.1) is 11.3 Å². The molecule has 194 valence electrons. The van der Waals surface area contributed by atoms with Crippen molar-refractivity contribution < 1.29 is 31.4 Å². The normalized spacial score (nSPS) is 14.1. The van der Waals surface area contributed by atoms with Crippen LogP contribution in [0.15, 0.2) is 41.5 Å². The average molecular weight is 548 g/mol. The quantitative estimate of drug-likeness (QED) is 0.273. The zero-order valence-electron chi connectivity index (χ0n) is 19.0. The third-order valence-corrected chi connectivity index (χ3v) is 7.44. The molecule has 3 heterocycles. The van der Waals surface area contributed by atoms with Gasteiger partial charge in [0.1, 0.15) is 10.7 Å². The number of benzene rings is 2. The van der Waals surface area contributed by atoms with E-state index in [0.717, 1.165) is 46.5 Å². The lowest BCUT2D eigenvalue weighted by Crippen LogP contribution is -2.24. The van der Waals surface area contributed by atoms with Crippen LogP contribution < -0.4 is 5.56 Å². The van der Waals surface area contributed by atoms with Crippen molar-refractivity contribution >= 4 is 31.6 Å². The maximum Gasteiger partial charge on any atom is 0.451 e. The number of alkyl halides is 3. The second kappa shape index (κ2) is 8.51. The molecular weight excluding hydrogens is 534 g/mol. The minimum Gasteiger partial charge on any atom is -0.504 e. The van der Waals surface area contributed by atoms with Gasteiger partial charge in [-0.25, -0.2) is 28.1 Å². The molecule has 6 nitrogen and oxygen atoms in total. The van der Waals surface area contributed by atoms with Crippen LogP contribution in [0.1, 0.15) is 35.7 Å². The Morgan fingerprint density at radius 1 is 1.03 bits per heavy atom. The number of hydrogen-bond donors (Lipinski definition) is 1. The zero-order chi connectivity index (χ0) is 26.9. The fraction of sp³-hybridized carbons (Fsp3) is 0.200. The van der Waals surface area contributed by atoms with Crippen LogP contribution in [-0.4, -0.2) is 24.6 Å². The number of phenols is 1. The summed E-state index contributed by atoms with van der Waals surface area (Å²) >= 11 is 0.850. The highest BCUT2D eigenvalue weighted by Gasteiger charge is 2.34. The maximum absolute atomic E-state index is 14.4. The first-order valence-corrected chi connectivity index (χ1v) is 12.1. The van der Waals surface area contributed by atoms with E-state index in [4.69, 9.17) is 0 Å². The molecule has 1 saturated carbocycles. The van der Waals surface area contributed by atoms with Crippen LogP contribution in [-0.2, 0) is 12.7 Å². The average Bonchev–Trinajstić information content (AvgIpc) is 3.64. The molecule has 0 spiro atoms. The smallest absolute Gasteiger partial charge is 0.451 e. The minimum absolute atomic E-state index is 0.0347. The molecule has 0 aliphatic heterocycles. The van der Waals surface area contributed by atoms with Crippen molar-refractivity contribution in [2.45, 2.75) is 31.5 Å². The second-order valence-electron chi connectivity index (χ2n) is 8.92. The lowest BCUT2D eigenvalue weighted by Gasteiger charge is -2.16. The van der Waals surface area contributed by atoms with E-state index in [-0.39, 0.29) is 49.7 Å². The monoisotopic (exact) mass is 548 g/mol. The minimum atomic E-state index is -4.77. The van der Waals surface area contributed by atoms with Gasteiger partial charge in [-0.1, -0.05) is 0 Å². The number of hydrogen-bond acceptors (Lipinski definition) is 6. The van der Waals surface area contributed by atoms with E-state index in [9.17, 15) is 36.2 Å². The first kappa shape index (κ1) is 24.3. The van der Waals surface area contributed by atoms with Crippen molar-refractivity contribution in [2.75, 3.05) is 0 Å². The molecule has 2 aromatic carbocycles. The van der Waals surface area contributed by atoms with Crippen LogP contribution in [0, 0.1) is 17.5 Å². The molecule has 0 bridgehead atoms. The molecule has 3 aromatic heterocycles. The number of rotatable bonds is 4. The fourth-order valence-corrected chi connectivity index (χ4v) is 5.49.